The van der Waals surface area contributed by atoms with Crippen LogP contribution in [0.1, 0.15) is 23.6 Å². The second-order valence-corrected chi connectivity index (χ2v) is 7.30. The summed E-state index contributed by atoms with van der Waals surface area (Å²) in [6.45, 7) is 3.70. The van der Waals surface area contributed by atoms with Crippen molar-refractivity contribution < 1.29 is 18.3 Å². The van der Waals surface area contributed by atoms with Gasteiger partial charge in [0.25, 0.3) is 0 Å². The topological polar surface area (TPSA) is 30.5 Å². The van der Waals surface area contributed by atoms with Gasteiger partial charge in [-0.2, -0.15) is 0 Å². The highest BCUT2D eigenvalue weighted by atomic mass is 79.9. The van der Waals surface area contributed by atoms with Gasteiger partial charge in [-0.3, -0.25) is 0 Å². The molecule has 0 aliphatic carbocycles. The van der Waals surface area contributed by atoms with E-state index in [-0.39, 0.29) is 30.6 Å². The highest BCUT2D eigenvalue weighted by molar-refractivity contribution is 9.10. The molecule has 30 heavy (non-hydrogen) atoms. The van der Waals surface area contributed by atoms with E-state index in [0.717, 1.165) is 15.6 Å². The quantitative estimate of drug-likeness (QED) is 0.369. The van der Waals surface area contributed by atoms with Crippen LogP contribution in [0.3, 0.4) is 0 Å². The number of rotatable bonds is 9. The van der Waals surface area contributed by atoms with Crippen molar-refractivity contribution in [1.29, 1.82) is 0 Å². The highest BCUT2D eigenvalue weighted by Gasteiger charge is 2.13. The van der Waals surface area contributed by atoms with Gasteiger partial charge in [-0.05, 0) is 64.3 Å². The first-order valence-electron chi connectivity index (χ1n) is 9.33. The Morgan fingerprint density at radius 3 is 2.30 bits per heavy atom. The maximum Gasteiger partial charge on any atom is 0.175 e. The van der Waals surface area contributed by atoms with Crippen molar-refractivity contribution in [1.82, 2.24) is 5.32 Å². The molecule has 160 valence electrons. The minimum absolute atomic E-state index is 0. The van der Waals surface area contributed by atoms with Crippen molar-refractivity contribution in [3.63, 3.8) is 0 Å². The van der Waals surface area contributed by atoms with E-state index in [2.05, 4.69) is 21.2 Å². The van der Waals surface area contributed by atoms with Crippen molar-refractivity contribution in [2.45, 2.75) is 26.6 Å². The van der Waals surface area contributed by atoms with E-state index in [1.165, 1.54) is 18.2 Å². The van der Waals surface area contributed by atoms with E-state index in [4.69, 9.17) is 9.47 Å². The number of nitrogens with one attached hydrogen (secondary N) is 1. The van der Waals surface area contributed by atoms with Gasteiger partial charge in [-0.25, -0.2) is 8.78 Å². The SMILES string of the molecule is CCOc1cc(CNCc2ccc(F)cc2)cc(Br)c1OCc1ccccc1F.Cl. The first-order chi connectivity index (χ1) is 14.1. The summed E-state index contributed by atoms with van der Waals surface area (Å²) in [6, 6.07) is 16.8. The van der Waals surface area contributed by atoms with Crippen LogP contribution in [0.15, 0.2) is 65.1 Å². The number of ether oxygens (including phenoxy) is 2. The Morgan fingerprint density at radius 1 is 0.900 bits per heavy atom. The number of benzene rings is 3. The molecule has 0 fully saturated rings. The normalized spacial score (nSPS) is 10.4. The summed E-state index contributed by atoms with van der Waals surface area (Å²) in [6.07, 6.45) is 0. The van der Waals surface area contributed by atoms with Crippen LogP contribution in [0.5, 0.6) is 11.5 Å². The molecule has 3 aromatic rings. The second-order valence-electron chi connectivity index (χ2n) is 6.45. The maximum absolute atomic E-state index is 13.9. The van der Waals surface area contributed by atoms with Crippen LogP contribution < -0.4 is 14.8 Å². The van der Waals surface area contributed by atoms with Crippen LogP contribution >= 0.6 is 28.3 Å². The standard InChI is InChI=1S/C23H22BrF2NO2.ClH/c1-2-28-22-12-17(14-27-13-16-7-9-19(25)10-8-16)11-20(24)23(22)29-15-18-5-3-4-6-21(18)26;/h3-12,27H,2,13-15H2,1H3;1H. The number of halogens is 4. The molecule has 0 radical (unpaired) electrons. The summed E-state index contributed by atoms with van der Waals surface area (Å²) in [7, 11) is 0. The first-order valence-corrected chi connectivity index (χ1v) is 10.1. The van der Waals surface area contributed by atoms with Crippen molar-refractivity contribution in [3.8, 4) is 11.5 Å². The Hall–Kier alpha value is -2.15. The minimum Gasteiger partial charge on any atom is -0.490 e. The molecule has 0 saturated carbocycles. The third-order valence-corrected chi connectivity index (χ3v) is 4.86. The largest absolute Gasteiger partial charge is 0.490 e. The van der Waals surface area contributed by atoms with Gasteiger partial charge in [0, 0.05) is 18.7 Å². The molecule has 3 nitrogen and oxygen atoms in total. The molecule has 3 aromatic carbocycles. The van der Waals surface area contributed by atoms with E-state index in [1.807, 2.05) is 19.1 Å². The van der Waals surface area contributed by atoms with E-state index in [1.54, 1.807) is 30.3 Å². The fourth-order valence-corrected chi connectivity index (χ4v) is 3.45. The molecule has 1 N–H and O–H groups in total. The minimum atomic E-state index is -0.303. The Bertz CT molecular complexity index is 954. The summed E-state index contributed by atoms with van der Waals surface area (Å²) in [5.74, 6) is 0.586. The summed E-state index contributed by atoms with van der Waals surface area (Å²) < 4.78 is 39.2. The predicted molar refractivity (Wildman–Crippen MR) is 120 cm³/mol. The fraction of sp³-hybridized carbons (Fsp3) is 0.217. The van der Waals surface area contributed by atoms with Crippen molar-refractivity contribution in [2.24, 2.45) is 0 Å². The van der Waals surface area contributed by atoms with Gasteiger partial charge in [0.05, 0.1) is 11.1 Å². The van der Waals surface area contributed by atoms with Gasteiger partial charge >= 0.3 is 0 Å². The van der Waals surface area contributed by atoms with E-state index >= 15 is 0 Å². The van der Waals surface area contributed by atoms with Crippen LogP contribution in [0.4, 0.5) is 8.78 Å². The number of hydrogen-bond donors (Lipinski definition) is 1. The van der Waals surface area contributed by atoms with Gasteiger partial charge in [0.1, 0.15) is 18.2 Å². The van der Waals surface area contributed by atoms with Gasteiger partial charge in [0.15, 0.2) is 11.5 Å². The predicted octanol–water partition coefficient (Wildman–Crippen LogP) is 6.42. The number of hydrogen-bond acceptors (Lipinski definition) is 3. The molecule has 0 amide bonds. The van der Waals surface area contributed by atoms with Crippen LogP contribution in [0, 0.1) is 11.6 Å². The Labute approximate surface area is 189 Å². The van der Waals surface area contributed by atoms with Crippen LogP contribution in [-0.2, 0) is 19.7 Å². The molecule has 0 aromatic heterocycles. The van der Waals surface area contributed by atoms with Gasteiger partial charge in [0.2, 0.25) is 0 Å². The zero-order chi connectivity index (χ0) is 20.6. The lowest BCUT2D eigenvalue weighted by molar-refractivity contribution is 0.264. The molecule has 0 atom stereocenters. The third kappa shape index (κ3) is 6.69. The molecule has 0 unspecified atom stereocenters. The second kappa shape index (κ2) is 11.9. The lowest BCUT2D eigenvalue weighted by Gasteiger charge is -2.16. The lowest BCUT2D eigenvalue weighted by atomic mass is 10.1. The molecule has 7 heteroatoms. The Balaban J connectivity index is 0.00000320. The summed E-state index contributed by atoms with van der Waals surface area (Å²) in [4.78, 5) is 0. The zero-order valence-corrected chi connectivity index (χ0v) is 18.9. The lowest BCUT2D eigenvalue weighted by Crippen LogP contribution is -2.13. The third-order valence-electron chi connectivity index (χ3n) is 4.27. The molecule has 0 spiro atoms. The fourth-order valence-electron chi connectivity index (χ4n) is 2.85. The van der Waals surface area contributed by atoms with Crippen LogP contribution in [-0.4, -0.2) is 6.61 Å². The van der Waals surface area contributed by atoms with E-state index in [9.17, 15) is 8.78 Å². The molecular formula is C23H23BrClF2NO2. The van der Waals surface area contributed by atoms with E-state index < -0.39 is 0 Å². The molecule has 0 heterocycles. The summed E-state index contributed by atoms with van der Waals surface area (Å²) in [5.41, 5.74) is 2.48. The maximum atomic E-state index is 13.9. The average Bonchev–Trinajstić information content (AvgIpc) is 2.70. The van der Waals surface area contributed by atoms with Gasteiger partial charge < -0.3 is 14.8 Å². The van der Waals surface area contributed by atoms with Crippen molar-refractivity contribution in [2.75, 3.05) is 6.61 Å². The van der Waals surface area contributed by atoms with Gasteiger partial charge in [-0.15, -0.1) is 12.4 Å². The molecule has 0 aliphatic heterocycles. The monoisotopic (exact) mass is 497 g/mol. The van der Waals surface area contributed by atoms with Crippen LogP contribution in [0.2, 0.25) is 0 Å². The summed E-state index contributed by atoms with van der Waals surface area (Å²) >= 11 is 3.54. The molecule has 0 bridgehead atoms. The van der Waals surface area contributed by atoms with Crippen LogP contribution in [0.25, 0.3) is 0 Å². The molecule has 0 saturated heterocycles. The van der Waals surface area contributed by atoms with Crippen molar-refractivity contribution >= 4 is 28.3 Å². The summed E-state index contributed by atoms with van der Waals surface area (Å²) in [5, 5.41) is 3.33. The Kier molecular flexibility index (Phi) is 9.56. The zero-order valence-electron chi connectivity index (χ0n) is 16.5. The average molecular weight is 499 g/mol. The van der Waals surface area contributed by atoms with E-state index in [0.29, 0.717) is 36.8 Å². The highest BCUT2D eigenvalue weighted by Crippen LogP contribution is 2.37. The molecular weight excluding hydrogens is 476 g/mol. The Morgan fingerprint density at radius 2 is 1.60 bits per heavy atom. The molecule has 3 rings (SSSR count). The smallest absolute Gasteiger partial charge is 0.175 e. The first kappa shape index (κ1) is 24.1. The molecule has 0 aliphatic rings. The van der Waals surface area contributed by atoms with Gasteiger partial charge in [-0.1, -0.05) is 30.3 Å². The van der Waals surface area contributed by atoms with Crippen molar-refractivity contribution in [3.05, 3.63) is 93.5 Å².